The Morgan fingerprint density at radius 2 is 1.68 bits per heavy atom. The zero-order chi connectivity index (χ0) is 27.3. The molecule has 38 heavy (non-hydrogen) atoms. The maximum atomic E-state index is 13.6. The van der Waals surface area contributed by atoms with Crippen LogP contribution in [0.2, 0.25) is 0 Å². The summed E-state index contributed by atoms with van der Waals surface area (Å²) in [6.45, 7) is 4.36. The van der Waals surface area contributed by atoms with Crippen LogP contribution in [0.4, 0.5) is 0 Å². The molecule has 0 saturated carbocycles. The highest BCUT2D eigenvalue weighted by Crippen LogP contribution is 2.33. The second-order valence-electron chi connectivity index (χ2n) is 8.43. The number of aromatic nitrogens is 1. The third-order valence-corrected chi connectivity index (χ3v) is 6.10. The quantitative estimate of drug-likeness (QED) is 0.126. The van der Waals surface area contributed by atoms with Crippen LogP contribution in [-0.2, 0) is 20.6 Å². The van der Waals surface area contributed by atoms with Gasteiger partial charge < -0.3 is 25.1 Å². The van der Waals surface area contributed by atoms with E-state index < -0.39 is 23.1 Å². The zero-order valence-corrected chi connectivity index (χ0v) is 21.4. The number of carbonyl (C=O) groups is 1. The highest BCUT2D eigenvalue weighted by Gasteiger charge is 2.26. The maximum Gasteiger partial charge on any atom is 0.268 e. The molecule has 3 aromatic rings. The summed E-state index contributed by atoms with van der Waals surface area (Å²) < 4.78 is 18.1. The summed E-state index contributed by atoms with van der Waals surface area (Å²) in [6.07, 6.45) is 1.03. The van der Waals surface area contributed by atoms with Crippen molar-refractivity contribution in [3.63, 3.8) is 0 Å². The Kier molecular flexibility index (Phi) is 11.1. The van der Waals surface area contributed by atoms with Crippen LogP contribution in [0.5, 0.6) is 5.75 Å². The van der Waals surface area contributed by atoms with Crippen molar-refractivity contribution in [1.82, 2.24) is 4.57 Å². The third-order valence-electron chi connectivity index (χ3n) is 6.10. The molecule has 11 heteroatoms. The molecule has 1 unspecified atom stereocenters. The molecule has 1 amide bonds. The van der Waals surface area contributed by atoms with Gasteiger partial charge in [0, 0.05) is 23.4 Å². The van der Waals surface area contributed by atoms with E-state index in [9.17, 15) is 14.7 Å². The van der Waals surface area contributed by atoms with Crippen LogP contribution < -0.4 is 11.3 Å². The number of pyridine rings is 1. The van der Waals surface area contributed by atoms with Crippen LogP contribution in [0, 0.1) is 0 Å². The van der Waals surface area contributed by atoms with E-state index >= 15 is 0 Å². The van der Waals surface area contributed by atoms with Crippen molar-refractivity contribution < 1.29 is 24.1 Å². The average Bonchev–Trinajstić information content (AvgIpc) is 2.92. The minimum atomic E-state index is -0.976. The van der Waals surface area contributed by atoms with Crippen LogP contribution >= 0.6 is 0 Å². The van der Waals surface area contributed by atoms with Crippen LogP contribution in [0.3, 0.4) is 0 Å². The lowest BCUT2D eigenvalue weighted by atomic mass is 9.98. The third kappa shape index (κ3) is 7.11. The molecule has 3 N–H and O–H groups in total. The summed E-state index contributed by atoms with van der Waals surface area (Å²) in [4.78, 5) is 28.5. The van der Waals surface area contributed by atoms with E-state index in [1.807, 2.05) is 49.4 Å². The molecule has 0 aliphatic carbocycles. The molecule has 0 aliphatic rings. The molecule has 0 fully saturated rings. The number of hydrogen-bond donors (Lipinski definition) is 2. The topological polar surface area (TPSA) is 162 Å². The Labute approximate surface area is 220 Å². The highest BCUT2D eigenvalue weighted by molar-refractivity contribution is 6.02. The van der Waals surface area contributed by atoms with E-state index in [-0.39, 0.29) is 12.3 Å². The molecule has 202 valence electrons. The Bertz CT molecular complexity index is 1320. The van der Waals surface area contributed by atoms with E-state index in [0.717, 1.165) is 11.1 Å². The Morgan fingerprint density at radius 3 is 2.32 bits per heavy atom. The molecule has 11 nitrogen and oxygen atoms in total. The van der Waals surface area contributed by atoms with E-state index in [2.05, 4.69) is 10.0 Å². The van der Waals surface area contributed by atoms with Crippen LogP contribution in [0.1, 0.15) is 40.9 Å². The van der Waals surface area contributed by atoms with Gasteiger partial charge in [-0.05, 0) is 35.6 Å². The smallest absolute Gasteiger partial charge is 0.268 e. The molecule has 1 atom stereocenters. The summed E-state index contributed by atoms with van der Waals surface area (Å²) in [5.74, 6) is -1.36. The first kappa shape index (κ1) is 28.7. The Hall–Kier alpha value is -3.89. The fourth-order valence-corrected chi connectivity index (χ4v) is 4.35. The van der Waals surface area contributed by atoms with E-state index in [4.69, 9.17) is 25.5 Å². The number of azide groups is 1. The summed E-state index contributed by atoms with van der Waals surface area (Å²) in [5, 5.41) is 14.7. The molecule has 0 radical (unpaired) electrons. The van der Waals surface area contributed by atoms with Crippen molar-refractivity contribution in [3.8, 4) is 5.75 Å². The number of ether oxygens (including phenoxy) is 3. The number of benzene rings is 2. The molecule has 1 aromatic heterocycles. The van der Waals surface area contributed by atoms with Gasteiger partial charge in [0.05, 0.1) is 44.6 Å². The minimum absolute atomic E-state index is 0.280. The lowest BCUT2D eigenvalue weighted by Gasteiger charge is -2.24. The number of carbonyl (C=O) groups excluding carboxylic acids is 1. The predicted octanol–water partition coefficient (Wildman–Crippen LogP) is 3.71. The predicted molar refractivity (Wildman–Crippen MR) is 143 cm³/mol. The van der Waals surface area contributed by atoms with E-state index in [0.29, 0.717) is 63.4 Å². The lowest BCUT2D eigenvalue weighted by molar-refractivity contribution is 0.0144. The summed E-state index contributed by atoms with van der Waals surface area (Å²) in [5.41, 5.74) is 14.9. The monoisotopic (exact) mass is 523 g/mol. The maximum absolute atomic E-state index is 13.6. The van der Waals surface area contributed by atoms with Gasteiger partial charge in [-0.2, -0.15) is 0 Å². The van der Waals surface area contributed by atoms with Crippen LogP contribution in [-0.4, -0.2) is 61.8 Å². The first-order chi connectivity index (χ1) is 18.5. The van der Waals surface area contributed by atoms with Gasteiger partial charge in [-0.3, -0.25) is 14.2 Å². The molecular weight excluding hydrogens is 490 g/mol. The second-order valence-corrected chi connectivity index (χ2v) is 8.43. The molecule has 0 saturated heterocycles. The number of aryl methyl sites for hydroxylation is 1. The fourth-order valence-electron chi connectivity index (χ4n) is 4.35. The van der Waals surface area contributed by atoms with E-state index in [1.165, 1.54) is 4.57 Å². The molecule has 3 rings (SSSR count). The SMILES string of the molecule is CCc1cccc2c1c(O)c(C(N)=O)c(=O)n2C(CCOCCOCCOCCN=[N+]=[N-])c1ccccc1. The van der Waals surface area contributed by atoms with Gasteiger partial charge in [0.1, 0.15) is 11.3 Å². The Balaban J connectivity index is 1.78. The number of nitrogens with two attached hydrogens (primary N) is 1. The average molecular weight is 524 g/mol. The number of hydrogen-bond acceptors (Lipinski definition) is 7. The van der Waals surface area contributed by atoms with Crippen molar-refractivity contribution in [3.05, 3.63) is 86.0 Å². The number of amides is 1. The second kappa shape index (κ2) is 14.7. The molecule has 0 aliphatic heterocycles. The van der Waals surface area contributed by atoms with Crippen LogP contribution in [0.15, 0.2) is 58.4 Å². The molecule has 0 bridgehead atoms. The fraction of sp³-hybridized carbons (Fsp3) is 0.407. The van der Waals surface area contributed by atoms with Crippen molar-refractivity contribution in [2.24, 2.45) is 10.8 Å². The number of aromatic hydroxyl groups is 1. The number of primary amides is 1. The van der Waals surface area contributed by atoms with Gasteiger partial charge >= 0.3 is 0 Å². The first-order valence-corrected chi connectivity index (χ1v) is 12.5. The summed E-state index contributed by atoms with van der Waals surface area (Å²) in [7, 11) is 0. The normalized spacial score (nSPS) is 11.8. The van der Waals surface area contributed by atoms with Crippen molar-refractivity contribution in [2.75, 3.05) is 46.2 Å². The number of fused-ring (bicyclic) bond motifs is 1. The van der Waals surface area contributed by atoms with Gasteiger partial charge in [-0.15, -0.1) is 0 Å². The van der Waals surface area contributed by atoms with Gasteiger partial charge in [-0.25, -0.2) is 0 Å². The van der Waals surface area contributed by atoms with Gasteiger partial charge in [0.2, 0.25) is 0 Å². The number of rotatable bonds is 16. The standard InChI is InChI=1S/C27H33N5O6/c1-2-19-9-6-10-22-23(19)25(33)24(26(28)34)27(35)32(22)21(20-7-4-3-5-8-20)11-13-36-15-17-38-18-16-37-14-12-30-31-29/h3-10,21,33H,2,11-18H2,1H3,(H2,28,34). The van der Waals surface area contributed by atoms with Gasteiger partial charge in [-0.1, -0.05) is 54.5 Å². The summed E-state index contributed by atoms with van der Waals surface area (Å²) in [6, 6.07) is 14.4. The summed E-state index contributed by atoms with van der Waals surface area (Å²) >= 11 is 0. The number of nitrogens with zero attached hydrogens (tertiary/aromatic N) is 4. The van der Waals surface area contributed by atoms with E-state index in [1.54, 1.807) is 6.07 Å². The highest BCUT2D eigenvalue weighted by atomic mass is 16.5. The van der Waals surface area contributed by atoms with Crippen LogP contribution in [0.25, 0.3) is 21.3 Å². The van der Waals surface area contributed by atoms with Gasteiger partial charge in [0.25, 0.3) is 11.5 Å². The van der Waals surface area contributed by atoms with Gasteiger partial charge in [0.15, 0.2) is 0 Å². The molecule has 0 spiro atoms. The van der Waals surface area contributed by atoms with Crippen molar-refractivity contribution >= 4 is 16.8 Å². The Morgan fingerprint density at radius 1 is 1.03 bits per heavy atom. The minimum Gasteiger partial charge on any atom is -0.506 e. The van der Waals surface area contributed by atoms with Crippen molar-refractivity contribution in [2.45, 2.75) is 25.8 Å². The molecular formula is C27H33N5O6. The zero-order valence-electron chi connectivity index (χ0n) is 21.4. The first-order valence-electron chi connectivity index (χ1n) is 12.5. The van der Waals surface area contributed by atoms with Crippen molar-refractivity contribution in [1.29, 1.82) is 0 Å². The molecule has 2 aromatic carbocycles. The lowest BCUT2D eigenvalue weighted by Crippen LogP contribution is -2.33. The molecule has 1 heterocycles. The largest absolute Gasteiger partial charge is 0.506 e.